The molecule has 4 aliphatic rings. The van der Waals surface area contributed by atoms with E-state index in [0.717, 1.165) is 23.4 Å². The Morgan fingerprint density at radius 3 is 1.48 bits per heavy atom. The van der Waals surface area contributed by atoms with Gasteiger partial charge in [0.05, 0.1) is 0 Å². The maximum absolute atomic E-state index is 5.76. The fourth-order valence-electron chi connectivity index (χ4n) is 5.83. The van der Waals surface area contributed by atoms with E-state index in [1.165, 1.54) is 82.7 Å². The Hall–Kier alpha value is -0.0957. The largest absolute Gasteiger partial charge is 0.271 e. The molecule has 3 heteroatoms. The van der Waals surface area contributed by atoms with Gasteiger partial charge < -0.3 is 0 Å². The van der Waals surface area contributed by atoms with Gasteiger partial charge in [-0.25, -0.2) is 0 Å². The molecule has 4 rings (SSSR count). The monoisotopic (exact) mass is 419 g/mol. The minimum absolute atomic E-state index is 0. The Labute approximate surface area is 182 Å². The second-order valence-corrected chi connectivity index (χ2v) is 12.4. The van der Waals surface area contributed by atoms with Crippen molar-refractivity contribution in [2.45, 2.75) is 100 Å². The smallest absolute Gasteiger partial charge is 0.0425 e. The third-order valence-electron chi connectivity index (χ3n) is 6.95. The summed E-state index contributed by atoms with van der Waals surface area (Å²) in [5, 5.41) is 0. The Bertz CT molecular complexity index is 532. The number of nitrogens with zero attached hydrogens (tertiary/aromatic N) is 1. The second kappa shape index (κ2) is 11.8. The minimum atomic E-state index is -1.17. The summed E-state index contributed by atoms with van der Waals surface area (Å²) in [6, 6.07) is 0. The second-order valence-electron chi connectivity index (χ2n) is 8.47. The molecule has 1 nitrogen and oxygen atoms in total. The molecule has 0 bridgehead atoms. The molecule has 0 amide bonds. The zero-order valence-corrected chi connectivity index (χ0v) is 19.6. The molecule has 0 atom stereocenters. The normalized spacial score (nSPS) is 23.5. The standard InChI is InChI=1S/C20H32NP.C4H6.Ti/c1-2-10-17(9-1)21-22(18-11-3-4-12-18,19-13-5-6-14-19)20-15-7-8-16-20;1-3-4-2;/h1-2,9,18-20H,3-8,10-16H2;3-4H,1-2H2;. The molecule has 3 fully saturated rings. The Balaban J connectivity index is 0.000000479. The van der Waals surface area contributed by atoms with E-state index in [4.69, 9.17) is 4.74 Å². The molecular weight excluding hydrogens is 381 g/mol. The molecule has 0 aromatic carbocycles. The van der Waals surface area contributed by atoms with E-state index in [1.54, 1.807) is 12.2 Å². The third kappa shape index (κ3) is 5.49. The average Bonchev–Trinajstić information content (AvgIpc) is 3.46. The summed E-state index contributed by atoms with van der Waals surface area (Å²) < 4.78 is 5.76. The van der Waals surface area contributed by atoms with Gasteiger partial charge in [-0.1, -0.05) is 76.0 Å². The Kier molecular flexibility index (Phi) is 10.1. The fourth-order valence-corrected chi connectivity index (χ4v) is 12.3. The topological polar surface area (TPSA) is 12.4 Å². The van der Waals surface area contributed by atoms with Gasteiger partial charge in [0, 0.05) is 33.8 Å². The van der Waals surface area contributed by atoms with Crippen LogP contribution in [0.4, 0.5) is 0 Å². The summed E-state index contributed by atoms with van der Waals surface area (Å²) in [4.78, 5) is 0. The van der Waals surface area contributed by atoms with Crippen LogP contribution in [0.2, 0.25) is 0 Å². The molecule has 0 unspecified atom stereocenters. The van der Waals surface area contributed by atoms with Crippen LogP contribution in [-0.2, 0) is 21.7 Å². The molecule has 0 N–H and O–H groups in total. The van der Waals surface area contributed by atoms with Crippen molar-refractivity contribution in [2.75, 3.05) is 0 Å². The minimum Gasteiger partial charge on any atom is -0.271 e. The van der Waals surface area contributed by atoms with Crippen LogP contribution >= 0.6 is 7.05 Å². The molecule has 0 aromatic heterocycles. The van der Waals surface area contributed by atoms with Crippen LogP contribution in [0.25, 0.3) is 0 Å². The van der Waals surface area contributed by atoms with Gasteiger partial charge in [0.15, 0.2) is 0 Å². The van der Waals surface area contributed by atoms with Crippen LogP contribution in [-0.4, -0.2) is 17.0 Å². The maximum atomic E-state index is 5.76. The van der Waals surface area contributed by atoms with Crippen LogP contribution in [0.5, 0.6) is 0 Å². The first-order valence-electron chi connectivity index (χ1n) is 11.0. The van der Waals surface area contributed by atoms with E-state index in [9.17, 15) is 0 Å². The van der Waals surface area contributed by atoms with Gasteiger partial charge in [0.25, 0.3) is 0 Å². The van der Waals surface area contributed by atoms with Gasteiger partial charge in [-0.15, -0.1) is 0 Å². The van der Waals surface area contributed by atoms with Crippen molar-refractivity contribution >= 4 is 7.05 Å². The molecule has 0 aromatic rings. The Morgan fingerprint density at radius 1 is 0.778 bits per heavy atom. The van der Waals surface area contributed by atoms with Gasteiger partial charge in [0.2, 0.25) is 0 Å². The van der Waals surface area contributed by atoms with E-state index in [2.05, 4.69) is 31.4 Å². The van der Waals surface area contributed by atoms with E-state index in [-0.39, 0.29) is 21.7 Å². The summed E-state index contributed by atoms with van der Waals surface area (Å²) in [5.41, 5.74) is 4.44. The first kappa shape index (κ1) is 23.2. The van der Waals surface area contributed by atoms with E-state index < -0.39 is 7.05 Å². The first-order valence-corrected chi connectivity index (χ1v) is 13.0. The molecule has 0 saturated heterocycles. The fraction of sp³-hybridized carbons (Fsp3) is 0.667. The van der Waals surface area contributed by atoms with Crippen molar-refractivity contribution < 1.29 is 21.7 Å². The summed E-state index contributed by atoms with van der Waals surface area (Å²) in [7, 11) is -1.17. The van der Waals surface area contributed by atoms with E-state index >= 15 is 0 Å². The quantitative estimate of drug-likeness (QED) is 0.242. The van der Waals surface area contributed by atoms with Crippen LogP contribution < -0.4 is 0 Å². The molecule has 148 valence electrons. The van der Waals surface area contributed by atoms with Gasteiger partial charge in [-0.2, -0.15) is 0 Å². The molecule has 4 aliphatic carbocycles. The van der Waals surface area contributed by atoms with Crippen molar-refractivity contribution in [3.8, 4) is 0 Å². The zero-order chi connectivity index (χ0) is 18.2. The summed E-state index contributed by atoms with van der Waals surface area (Å²) >= 11 is 0. The molecule has 0 aliphatic heterocycles. The first-order chi connectivity index (χ1) is 12.8. The van der Waals surface area contributed by atoms with Crippen molar-refractivity contribution in [1.29, 1.82) is 0 Å². The molecule has 0 spiro atoms. The molecule has 27 heavy (non-hydrogen) atoms. The van der Waals surface area contributed by atoms with Gasteiger partial charge in [0.1, 0.15) is 0 Å². The van der Waals surface area contributed by atoms with Gasteiger partial charge in [-0.3, -0.25) is 4.74 Å². The maximum Gasteiger partial charge on any atom is 0.0425 e. The Morgan fingerprint density at radius 2 is 1.19 bits per heavy atom. The number of hydrogen-bond donors (Lipinski definition) is 0. The molecular formula is C24H38NPTi. The summed E-state index contributed by atoms with van der Waals surface area (Å²) in [5.74, 6) is 0. The van der Waals surface area contributed by atoms with Crippen LogP contribution in [0.1, 0.15) is 83.5 Å². The predicted molar refractivity (Wildman–Crippen MR) is 118 cm³/mol. The van der Waals surface area contributed by atoms with Crippen LogP contribution in [0, 0.1) is 0 Å². The predicted octanol–water partition coefficient (Wildman–Crippen LogP) is 8.22. The number of allylic oxidation sites excluding steroid dienone is 5. The van der Waals surface area contributed by atoms with Gasteiger partial charge >= 0.3 is 0 Å². The van der Waals surface area contributed by atoms with Crippen LogP contribution in [0.15, 0.2) is 54.0 Å². The van der Waals surface area contributed by atoms with Gasteiger partial charge in [-0.05, 0) is 68.6 Å². The molecule has 3 saturated carbocycles. The van der Waals surface area contributed by atoms with Crippen LogP contribution in [0.3, 0.4) is 0 Å². The summed E-state index contributed by atoms with van der Waals surface area (Å²) in [6.07, 6.45) is 29.2. The molecule has 0 radical (unpaired) electrons. The molecule has 0 heterocycles. The number of hydrogen-bond acceptors (Lipinski definition) is 1. The zero-order valence-electron chi connectivity index (χ0n) is 17.1. The SMILES string of the molecule is C1=CCC(N=P(C2CCCC2)(C2CCCC2)C2CCCC2)=C1.C=CC=C.[Ti]. The van der Waals surface area contributed by atoms with E-state index in [0.29, 0.717) is 0 Å². The van der Waals surface area contributed by atoms with Crippen molar-refractivity contribution in [1.82, 2.24) is 0 Å². The van der Waals surface area contributed by atoms with Crippen molar-refractivity contribution in [3.63, 3.8) is 0 Å². The number of rotatable bonds is 5. The average molecular weight is 419 g/mol. The summed E-state index contributed by atoms with van der Waals surface area (Å²) in [6.45, 7) is 6.72. The van der Waals surface area contributed by atoms with Crippen molar-refractivity contribution in [2.24, 2.45) is 4.74 Å². The third-order valence-corrected chi connectivity index (χ3v) is 12.6. The van der Waals surface area contributed by atoms with E-state index in [1.807, 2.05) is 0 Å². The van der Waals surface area contributed by atoms with Crippen molar-refractivity contribution in [3.05, 3.63) is 49.2 Å².